The molecule has 1 aliphatic carbocycles. The fourth-order valence-electron chi connectivity index (χ4n) is 5.24. The summed E-state index contributed by atoms with van der Waals surface area (Å²) >= 11 is 0. The zero-order valence-corrected chi connectivity index (χ0v) is 21.7. The number of carbonyl (C=O) groups is 2. The number of hydrogen-bond acceptors (Lipinski definition) is 3. The van der Waals surface area contributed by atoms with Crippen LogP contribution in [0.5, 0.6) is 5.75 Å². The normalized spacial score (nSPS) is 12.2. The molecule has 0 radical (unpaired) electrons. The van der Waals surface area contributed by atoms with Crippen molar-refractivity contribution in [1.29, 1.82) is 0 Å². The fourth-order valence-corrected chi connectivity index (χ4v) is 5.24. The number of fused-ring (bicyclic) bond motifs is 3. The summed E-state index contributed by atoms with van der Waals surface area (Å²) in [7, 11) is 0. The Bertz CT molecular complexity index is 1690. The van der Waals surface area contributed by atoms with Crippen LogP contribution in [-0.4, -0.2) is 23.1 Å². The summed E-state index contributed by atoms with van der Waals surface area (Å²) in [5.74, 6) is -0.673. The zero-order chi connectivity index (χ0) is 27.5. The monoisotopic (exact) mass is 525 g/mol. The highest BCUT2D eigenvalue weighted by Gasteiger charge is 2.24. The summed E-state index contributed by atoms with van der Waals surface area (Å²) in [6.45, 7) is 0. The molecule has 0 aliphatic heterocycles. The molecule has 0 unspecified atom stereocenters. The van der Waals surface area contributed by atoms with Crippen LogP contribution >= 0.6 is 0 Å². The van der Waals surface area contributed by atoms with E-state index in [1.165, 1.54) is 11.1 Å². The van der Waals surface area contributed by atoms with Gasteiger partial charge in [0.15, 0.2) is 6.10 Å². The minimum atomic E-state index is -1.01. The third-order valence-electron chi connectivity index (χ3n) is 7.19. The average molecular weight is 526 g/mol. The third kappa shape index (κ3) is 5.22. The molecule has 1 atom stereocenters. The van der Waals surface area contributed by atoms with Crippen LogP contribution in [0.4, 0.5) is 5.69 Å². The topological polar surface area (TPSA) is 75.6 Å². The fraction of sp³-hybridized carbons (Fsp3) is 0.0857. The SMILES string of the molecule is O=C(Nc1ccc(-c2cccc(O[C@H](Cc3ccccc3)C(=O)O)c2)cc1)c1cccc2c1-c1ccccc1C2. The second-order valence-corrected chi connectivity index (χ2v) is 9.87. The first kappa shape index (κ1) is 25.1. The Balaban J connectivity index is 1.17. The highest BCUT2D eigenvalue weighted by atomic mass is 16.5. The van der Waals surface area contributed by atoms with Crippen LogP contribution in [0, 0.1) is 0 Å². The van der Waals surface area contributed by atoms with Crippen molar-refractivity contribution in [3.8, 4) is 28.0 Å². The van der Waals surface area contributed by atoms with Crippen LogP contribution < -0.4 is 10.1 Å². The molecule has 40 heavy (non-hydrogen) atoms. The largest absolute Gasteiger partial charge is 0.478 e. The quantitative estimate of drug-likeness (QED) is 0.219. The van der Waals surface area contributed by atoms with Crippen LogP contribution in [0.25, 0.3) is 22.3 Å². The van der Waals surface area contributed by atoms with Gasteiger partial charge >= 0.3 is 5.97 Å². The number of rotatable bonds is 8. The number of carboxylic acid groups (broad SMARTS) is 1. The summed E-state index contributed by atoms with van der Waals surface area (Å²) in [6, 6.07) is 38.5. The summed E-state index contributed by atoms with van der Waals surface area (Å²) in [5, 5.41) is 12.7. The Morgan fingerprint density at radius 1 is 0.750 bits per heavy atom. The second kappa shape index (κ2) is 10.9. The molecule has 0 spiro atoms. The van der Waals surface area contributed by atoms with Crippen molar-refractivity contribution in [2.75, 3.05) is 5.32 Å². The van der Waals surface area contributed by atoms with Gasteiger partial charge < -0.3 is 15.2 Å². The van der Waals surface area contributed by atoms with Crippen molar-refractivity contribution in [3.05, 3.63) is 144 Å². The van der Waals surface area contributed by atoms with Gasteiger partial charge in [-0.25, -0.2) is 4.79 Å². The first-order valence-electron chi connectivity index (χ1n) is 13.2. The molecule has 0 fully saturated rings. The maximum absolute atomic E-state index is 13.3. The molecule has 0 saturated carbocycles. The first-order valence-corrected chi connectivity index (χ1v) is 13.2. The van der Waals surface area contributed by atoms with E-state index in [9.17, 15) is 14.7 Å². The van der Waals surface area contributed by atoms with E-state index in [1.54, 1.807) is 6.07 Å². The molecule has 5 nitrogen and oxygen atoms in total. The smallest absolute Gasteiger partial charge is 0.345 e. The standard InChI is InChI=1S/C35H27NO4/c37-34(31-15-7-12-27-21-26-10-4-5-14-30(26)33(27)31)36-28-18-16-24(17-19-28)25-11-6-13-29(22-25)40-32(35(38)39)20-23-8-2-1-3-9-23/h1-19,22,32H,20-21H2,(H,36,37)(H,38,39)/t32-/m1/s1. The van der Waals surface area contributed by atoms with Crippen LogP contribution in [0.1, 0.15) is 27.0 Å². The number of anilines is 1. The van der Waals surface area contributed by atoms with Gasteiger partial charge in [-0.05, 0) is 75.7 Å². The van der Waals surface area contributed by atoms with Crippen LogP contribution in [0.15, 0.2) is 121 Å². The molecule has 0 bridgehead atoms. The number of aliphatic carboxylic acids is 1. The van der Waals surface area contributed by atoms with Crippen LogP contribution in [0.3, 0.4) is 0 Å². The van der Waals surface area contributed by atoms with Crippen molar-refractivity contribution in [3.63, 3.8) is 0 Å². The van der Waals surface area contributed by atoms with Gasteiger partial charge in [0.25, 0.3) is 5.91 Å². The lowest BCUT2D eigenvalue weighted by atomic mass is 9.99. The molecule has 196 valence electrons. The van der Waals surface area contributed by atoms with Gasteiger partial charge in [-0.3, -0.25) is 4.79 Å². The van der Waals surface area contributed by atoms with E-state index in [-0.39, 0.29) is 12.3 Å². The number of carboxylic acids is 1. The predicted molar refractivity (Wildman–Crippen MR) is 157 cm³/mol. The lowest BCUT2D eigenvalue weighted by Gasteiger charge is -2.16. The van der Waals surface area contributed by atoms with E-state index in [0.29, 0.717) is 17.0 Å². The molecule has 6 rings (SSSR count). The lowest BCUT2D eigenvalue weighted by Crippen LogP contribution is -2.29. The number of ether oxygens (including phenoxy) is 1. The first-order chi connectivity index (χ1) is 19.5. The van der Waals surface area contributed by atoms with Crippen molar-refractivity contribution in [2.45, 2.75) is 18.9 Å². The van der Waals surface area contributed by atoms with Gasteiger partial charge in [-0.1, -0.05) is 91.0 Å². The molecular formula is C35H27NO4. The summed E-state index contributed by atoms with van der Waals surface area (Å²) < 4.78 is 5.87. The molecule has 5 aromatic carbocycles. The van der Waals surface area contributed by atoms with Gasteiger partial charge in [0, 0.05) is 17.7 Å². The third-order valence-corrected chi connectivity index (χ3v) is 7.19. The molecule has 1 amide bonds. The maximum Gasteiger partial charge on any atom is 0.345 e. The van der Waals surface area contributed by atoms with Gasteiger partial charge in [-0.15, -0.1) is 0 Å². The summed E-state index contributed by atoms with van der Waals surface area (Å²) in [6.07, 6.45) is 0.107. The Labute approximate surface area is 232 Å². The van der Waals surface area contributed by atoms with Crippen molar-refractivity contribution >= 4 is 17.6 Å². The average Bonchev–Trinajstić information content (AvgIpc) is 3.37. The molecule has 5 heteroatoms. The van der Waals surface area contributed by atoms with E-state index in [4.69, 9.17) is 4.74 Å². The molecular weight excluding hydrogens is 498 g/mol. The number of hydrogen-bond donors (Lipinski definition) is 2. The van der Waals surface area contributed by atoms with Crippen LogP contribution in [-0.2, 0) is 17.6 Å². The van der Waals surface area contributed by atoms with E-state index < -0.39 is 12.1 Å². The maximum atomic E-state index is 13.3. The predicted octanol–water partition coefficient (Wildman–Crippen LogP) is 7.25. The van der Waals surface area contributed by atoms with E-state index >= 15 is 0 Å². The number of amides is 1. The molecule has 5 aromatic rings. The summed E-state index contributed by atoms with van der Waals surface area (Å²) in [5.41, 5.74) is 8.60. The molecule has 1 aliphatic rings. The Hall–Kier alpha value is -5.16. The number of carbonyl (C=O) groups excluding carboxylic acids is 1. The Morgan fingerprint density at radius 3 is 2.27 bits per heavy atom. The highest BCUT2D eigenvalue weighted by molar-refractivity contribution is 6.10. The van der Waals surface area contributed by atoms with Gasteiger partial charge in [0.1, 0.15) is 5.75 Å². The van der Waals surface area contributed by atoms with Crippen molar-refractivity contribution < 1.29 is 19.4 Å². The van der Waals surface area contributed by atoms with E-state index in [1.807, 2.05) is 97.1 Å². The van der Waals surface area contributed by atoms with Gasteiger partial charge in [0.2, 0.25) is 0 Å². The highest BCUT2D eigenvalue weighted by Crippen LogP contribution is 2.39. The molecule has 0 aromatic heterocycles. The van der Waals surface area contributed by atoms with Crippen molar-refractivity contribution in [1.82, 2.24) is 0 Å². The van der Waals surface area contributed by atoms with Crippen molar-refractivity contribution in [2.24, 2.45) is 0 Å². The lowest BCUT2D eigenvalue weighted by molar-refractivity contribution is -0.145. The minimum Gasteiger partial charge on any atom is -0.478 e. The Kier molecular flexibility index (Phi) is 6.86. The number of benzene rings is 5. The van der Waals surface area contributed by atoms with Crippen LogP contribution in [0.2, 0.25) is 0 Å². The van der Waals surface area contributed by atoms with Gasteiger partial charge in [-0.2, -0.15) is 0 Å². The Morgan fingerprint density at radius 2 is 1.48 bits per heavy atom. The zero-order valence-electron chi connectivity index (χ0n) is 21.7. The second-order valence-electron chi connectivity index (χ2n) is 9.87. The summed E-state index contributed by atoms with van der Waals surface area (Å²) in [4.78, 5) is 25.2. The number of nitrogens with one attached hydrogen (secondary N) is 1. The molecule has 0 heterocycles. The molecule has 0 saturated heterocycles. The molecule has 2 N–H and O–H groups in total. The van der Waals surface area contributed by atoms with E-state index in [2.05, 4.69) is 23.5 Å². The minimum absolute atomic E-state index is 0.144. The van der Waals surface area contributed by atoms with Gasteiger partial charge in [0.05, 0.1) is 0 Å². The van der Waals surface area contributed by atoms with E-state index in [0.717, 1.165) is 34.2 Å².